The Morgan fingerprint density at radius 3 is 2.59 bits per heavy atom. The van der Waals surface area contributed by atoms with Crippen molar-refractivity contribution in [3.05, 3.63) is 17.4 Å². The second-order valence-electron chi connectivity index (χ2n) is 4.26. The lowest BCUT2D eigenvalue weighted by molar-refractivity contribution is -0.128. The van der Waals surface area contributed by atoms with E-state index in [2.05, 4.69) is 10.4 Å². The molecule has 1 heterocycles. The van der Waals surface area contributed by atoms with Crippen LogP contribution in [0.4, 0.5) is 0 Å². The largest absolute Gasteiger partial charge is 0.344 e. The lowest BCUT2D eigenvalue weighted by Gasteiger charge is -2.19. The van der Waals surface area contributed by atoms with Crippen molar-refractivity contribution in [1.29, 1.82) is 0 Å². The van der Waals surface area contributed by atoms with Crippen molar-refractivity contribution in [2.75, 3.05) is 0 Å². The second-order valence-corrected chi connectivity index (χ2v) is 4.69. The summed E-state index contributed by atoms with van der Waals surface area (Å²) in [5.41, 5.74) is 0. The highest BCUT2D eigenvalue weighted by molar-refractivity contribution is 6.30. The van der Waals surface area contributed by atoms with Crippen molar-refractivity contribution in [1.82, 2.24) is 15.1 Å². The van der Waals surface area contributed by atoms with Crippen LogP contribution in [0.2, 0.25) is 5.02 Å². The summed E-state index contributed by atoms with van der Waals surface area (Å²) in [6, 6.07) is -0.450. The van der Waals surface area contributed by atoms with Gasteiger partial charge in [0, 0.05) is 6.20 Å². The highest BCUT2D eigenvalue weighted by Gasteiger charge is 2.20. The Kier molecular flexibility index (Phi) is 4.69. The zero-order valence-corrected chi connectivity index (χ0v) is 10.9. The normalized spacial score (nSPS) is 12.5. The molecule has 0 radical (unpaired) electrons. The Bertz CT molecular complexity index is 415. The van der Waals surface area contributed by atoms with E-state index < -0.39 is 6.04 Å². The summed E-state index contributed by atoms with van der Waals surface area (Å²) in [6.07, 6.45) is 3.01. The first kappa shape index (κ1) is 13.7. The van der Waals surface area contributed by atoms with Gasteiger partial charge in [0.1, 0.15) is 6.54 Å². The van der Waals surface area contributed by atoms with Crippen LogP contribution in [0.1, 0.15) is 20.8 Å². The fraction of sp³-hybridized carbons (Fsp3) is 0.545. The molecule has 0 fully saturated rings. The van der Waals surface area contributed by atoms with Gasteiger partial charge in [0.2, 0.25) is 5.91 Å². The highest BCUT2D eigenvalue weighted by Crippen LogP contribution is 2.05. The third-order valence-electron chi connectivity index (χ3n) is 2.33. The molecule has 17 heavy (non-hydrogen) atoms. The number of carbonyl (C=O) groups excluding carboxylic acids is 2. The molecule has 1 atom stereocenters. The predicted octanol–water partition coefficient (Wildman–Crippen LogP) is 1.27. The average molecular weight is 258 g/mol. The topological polar surface area (TPSA) is 64.0 Å². The van der Waals surface area contributed by atoms with Gasteiger partial charge in [-0.15, -0.1) is 0 Å². The first-order valence-electron chi connectivity index (χ1n) is 5.38. The molecule has 0 spiro atoms. The van der Waals surface area contributed by atoms with Crippen molar-refractivity contribution in [2.24, 2.45) is 5.92 Å². The number of nitrogens with zero attached hydrogens (tertiary/aromatic N) is 2. The van der Waals surface area contributed by atoms with Crippen LogP contribution in [-0.2, 0) is 16.1 Å². The number of ketones is 1. The first-order chi connectivity index (χ1) is 7.90. The van der Waals surface area contributed by atoms with Gasteiger partial charge in [0.05, 0.1) is 17.3 Å². The van der Waals surface area contributed by atoms with E-state index >= 15 is 0 Å². The van der Waals surface area contributed by atoms with Gasteiger partial charge < -0.3 is 5.32 Å². The Morgan fingerprint density at radius 1 is 1.53 bits per heavy atom. The Balaban J connectivity index is 2.56. The molecule has 0 bridgehead atoms. The van der Waals surface area contributed by atoms with Crippen LogP contribution in [-0.4, -0.2) is 27.5 Å². The van der Waals surface area contributed by atoms with Crippen LogP contribution in [0, 0.1) is 5.92 Å². The maximum atomic E-state index is 11.7. The Hall–Kier alpha value is -1.36. The van der Waals surface area contributed by atoms with Gasteiger partial charge in [-0.2, -0.15) is 5.10 Å². The van der Waals surface area contributed by atoms with Crippen molar-refractivity contribution < 1.29 is 9.59 Å². The number of halogens is 1. The molecular formula is C11H16ClN3O2. The van der Waals surface area contributed by atoms with Gasteiger partial charge >= 0.3 is 0 Å². The fourth-order valence-corrected chi connectivity index (χ4v) is 1.69. The maximum Gasteiger partial charge on any atom is 0.242 e. The molecule has 1 amide bonds. The van der Waals surface area contributed by atoms with E-state index in [1.54, 1.807) is 6.20 Å². The van der Waals surface area contributed by atoms with E-state index in [4.69, 9.17) is 11.6 Å². The molecule has 5 nitrogen and oxygen atoms in total. The molecule has 0 aliphatic rings. The summed E-state index contributed by atoms with van der Waals surface area (Å²) in [5.74, 6) is -0.233. The van der Waals surface area contributed by atoms with Gasteiger partial charge in [0.25, 0.3) is 0 Å². The molecule has 1 aromatic rings. The standard InChI is InChI=1S/C11H16ClN3O2/c1-7(2)11(8(3)16)14-10(17)6-15-5-9(12)4-13-15/h4-5,7,11H,6H2,1-3H3,(H,14,17). The van der Waals surface area contributed by atoms with Crippen molar-refractivity contribution in [2.45, 2.75) is 33.4 Å². The summed E-state index contributed by atoms with van der Waals surface area (Å²) < 4.78 is 1.43. The Morgan fingerprint density at radius 2 is 2.18 bits per heavy atom. The molecule has 1 unspecified atom stereocenters. The monoisotopic (exact) mass is 257 g/mol. The molecule has 6 heteroatoms. The van der Waals surface area contributed by atoms with E-state index in [-0.39, 0.29) is 24.2 Å². The third-order valence-corrected chi connectivity index (χ3v) is 2.52. The van der Waals surface area contributed by atoms with Crippen LogP contribution < -0.4 is 5.32 Å². The smallest absolute Gasteiger partial charge is 0.242 e. The number of amides is 1. The minimum atomic E-state index is -0.450. The van der Waals surface area contributed by atoms with Gasteiger partial charge in [-0.3, -0.25) is 14.3 Å². The van der Waals surface area contributed by atoms with Crippen LogP contribution in [0.5, 0.6) is 0 Å². The van der Waals surface area contributed by atoms with E-state index in [1.807, 2.05) is 13.8 Å². The van der Waals surface area contributed by atoms with Gasteiger partial charge in [-0.1, -0.05) is 25.4 Å². The lowest BCUT2D eigenvalue weighted by Crippen LogP contribution is -2.44. The molecular weight excluding hydrogens is 242 g/mol. The van der Waals surface area contributed by atoms with Crippen LogP contribution >= 0.6 is 11.6 Å². The summed E-state index contributed by atoms with van der Waals surface area (Å²) in [5, 5.41) is 7.05. The lowest BCUT2D eigenvalue weighted by atomic mass is 10.0. The maximum absolute atomic E-state index is 11.7. The zero-order valence-electron chi connectivity index (χ0n) is 10.1. The minimum absolute atomic E-state index is 0.0492. The number of rotatable bonds is 5. The van der Waals surface area contributed by atoms with Crippen molar-refractivity contribution in [3.63, 3.8) is 0 Å². The number of carbonyl (C=O) groups is 2. The average Bonchev–Trinajstić information content (AvgIpc) is 2.59. The first-order valence-corrected chi connectivity index (χ1v) is 5.75. The second kappa shape index (κ2) is 5.82. The molecule has 0 saturated carbocycles. The van der Waals surface area contributed by atoms with Crippen LogP contribution in [0.15, 0.2) is 12.4 Å². The molecule has 0 saturated heterocycles. The van der Waals surface area contributed by atoms with Gasteiger partial charge in [-0.05, 0) is 12.8 Å². The fourth-order valence-electron chi connectivity index (χ4n) is 1.53. The summed E-state index contributed by atoms with van der Waals surface area (Å²) in [7, 11) is 0. The SMILES string of the molecule is CC(=O)C(NC(=O)Cn1cc(Cl)cn1)C(C)C. The molecule has 0 aromatic carbocycles. The predicted molar refractivity (Wildman–Crippen MR) is 64.7 cm³/mol. The van der Waals surface area contributed by atoms with Crippen LogP contribution in [0.25, 0.3) is 0 Å². The number of nitrogens with one attached hydrogen (secondary N) is 1. The minimum Gasteiger partial charge on any atom is -0.344 e. The summed E-state index contributed by atoms with van der Waals surface area (Å²) >= 11 is 5.68. The van der Waals surface area contributed by atoms with E-state index in [0.29, 0.717) is 5.02 Å². The van der Waals surface area contributed by atoms with E-state index in [9.17, 15) is 9.59 Å². The number of Topliss-reactive ketones (excluding diaryl/α,β-unsaturated/α-hetero) is 1. The van der Waals surface area contributed by atoms with E-state index in [0.717, 1.165) is 0 Å². The van der Waals surface area contributed by atoms with Crippen molar-refractivity contribution >= 4 is 23.3 Å². The number of aromatic nitrogens is 2. The highest BCUT2D eigenvalue weighted by atomic mass is 35.5. The van der Waals surface area contributed by atoms with Crippen molar-refractivity contribution in [3.8, 4) is 0 Å². The van der Waals surface area contributed by atoms with Gasteiger partial charge in [0.15, 0.2) is 5.78 Å². The van der Waals surface area contributed by atoms with E-state index in [1.165, 1.54) is 17.8 Å². The third kappa shape index (κ3) is 4.19. The molecule has 0 aliphatic carbocycles. The molecule has 1 aromatic heterocycles. The number of hydrogen-bond donors (Lipinski definition) is 1. The Labute approximate surface area is 105 Å². The molecule has 1 N–H and O–H groups in total. The quantitative estimate of drug-likeness (QED) is 0.864. The number of hydrogen-bond acceptors (Lipinski definition) is 3. The molecule has 0 aliphatic heterocycles. The molecule has 1 rings (SSSR count). The van der Waals surface area contributed by atoms with Gasteiger partial charge in [-0.25, -0.2) is 0 Å². The molecule has 94 valence electrons. The summed E-state index contributed by atoms with van der Waals surface area (Å²) in [6.45, 7) is 5.30. The zero-order chi connectivity index (χ0) is 13.0. The van der Waals surface area contributed by atoms with Crippen LogP contribution in [0.3, 0.4) is 0 Å². The summed E-state index contributed by atoms with van der Waals surface area (Å²) in [4.78, 5) is 23.0.